The molecule has 3 N–H and O–H groups in total. The summed E-state index contributed by atoms with van der Waals surface area (Å²) in [4.78, 5) is 46.4. The fourth-order valence-electron chi connectivity index (χ4n) is 4.92. The fourth-order valence-corrected chi connectivity index (χ4v) is 4.92. The van der Waals surface area contributed by atoms with Crippen LogP contribution in [0.15, 0.2) is 60.8 Å². The number of aromatic nitrogens is 1. The molecule has 5 rings (SSSR count). The third-order valence-corrected chi connectivity index (χ3v) is 7.31. The van der Waals surface area contributed by atoms with Crippen molar-refractivity contribution in [2.24, 2.45) is 11.3 Å². The van der Waals surface area contributed by atoms with Crippen LogP contribution in [-0.4, -0.2) is 66.4 Å². The molecule has 3 aromatic rings. The number of amides is 4. The number of urea groups is 1. The Morgan fingerprint density at radius 1 is 0.976 bits per heavy atom. The molecule has 12 heteroatoms. The summed E-state index contributed by atoms with van der Waals surface area (Å²) in [5.74, 6) is -1.15. The lowest BCUT2D eigenvalue weighted by Crippen LogP contribution is -2.35. The molecule has 42 heavy (non-hydrogen) atoms. The van der Waals surface area contributed by atoms with Crippen molar-refractivity contribution in [3.8, 4) is 11.5 Å². The van der Waals surface area contributed by atoms with Gasteiger partial charge in [-0.05, 0) is 81.7 Å². The summed E-state index contributed by atoms with van der Waals surface area (Å²) in [6.07, 6.45) is 3.03. The minimum absolute atomic E-state index is 0.103. The second-order valence-corrected chi connectivity index (χ2v) is 10.9. The Kier molecular flexibility index (Phi) is 8.34. The number of carbonyl (C=O) groups is 3. The number of carbonyl (C=O) groups excluding carboxylic acids is 3. The first-order valence-electron chi connectivity index (χ1n) is 13.6. The zero-order valence-corrected chi connectivity index (χ0v) is 23.3. The van der Waals surface area contributed by atoms with E-state index in [9.17, 15) is 23.2 Å². The third kappa shape index (κ3) is 6.82. The normalized spacial score (nSPS) is 17.1. The second-order valence-electron chi connectivity index (χ2n) is 10.9. The van der Waals surface area contributed by atoms with Crippen molar-refractivity contribution in [3.05, 3.63) is 72.4 Å². The highest BCUT2D eigenvalue weighted by molar-refractivity contribution is 6.16. The third-order valence-electron chi connectivity index (χ3n) is 7.31. The maximum atomic E-state index is 14.9. The quantitative estimate of drug-likeness (QED) is 0.311. The number of rotatable bonds is 9. The van der Waals surface area contributed by atoms with Gasteiger partial charge in [0, 0.05) is 43.7 Å². The van der Waals surface area contributed by atoms with Crippen molar-refractivity contribution >= 4 is 35.0 Å². The Hall–Kier alpha value is -4.58. The molecule has 0 spiro atoms. The van der Waals surface area contributed by atoms with Crippen LogP contribution in [0.4, 0.5) is 30.8 Å². The molecule has 0 bridgehead atoms. The Balaban J connectivity index is 1.17. The van der Waals surface area contributed by atoms with E-state index in [1.54, 1.807) is 11.0 Å². The first-order chi connectivity index (χ1) is 20.1. The fraction of sp³-hybridized carbons (Fsp3) is 0.333. The monoisotopic (exact) mass is 578 g/mol. The Labute approximate surface area is 242 Å². The standard InChI is InChI=1S/C30H32F2N6O4/c1-37(2)17-19-10-14-38(18-19)29(41)36-26-16-23(9-13-33-26)42-22-7-8-25(24(32)15-22)35-28(40)30(11-12-30)27(39)34-21-5-3-20(31)4-6-21/h3-9,13,15-16,19H,10-12,14,17-18H2,1-2H3,(H,34,39)(H,35,40)(H,33,36,41). The summed E-state index contributed by atoms with van der Waals surface area (Å²) in [7, 11) is 4.02. The van der Waals surface area contributed by atoms with Gasteiger partial charge in [0.05, 0.1) is 5.69 Å². The summed E-state index contributed by atoms with van der Waals surface area (Å²) in [6, 6.07) is 12.0. The van der Waals surface area contributed by atoms with Crippen LogP contribution in [0.2, 0.25) is 0 Å². The molecular weight excluding hydrogens is 546 g/mol. The molecule has 1 atom stereocenters. The van der Waals surface area contributed by atoms with Gasteiger partial charge >= 0.3 is 6.03 Å². The van der Waals surface area contributed by atoms with Crippen LogP contribution in [0.5, 0.6) is 11.5 Å². The lowest BCUT2D eigenvalue weighted by Gasteiger charge is -2.19. The van der Waals surface area contributed by atoms with Gasteiger partial charge in [-0.3, -0.25) is 14.9 Å². The van der Waals surface area contributed by atoms with Crippen LogP contribution in [0.1, 0.15) is 19.3 Å². The number of hydrogen-bond acceptors (Lipinski definition) is 6. The van der Waals surface area contributed by atoms with Crippen LogP contribution < -0.4 is 20.7 Å². The number of nitrogens with one attached hydrogen (secondary N) is 3. The van der Waals surface area contributed by atoms with Gasteiger partial charge in [0.15, 0.2) is 0 Å². The first-order valence-corrected chi connectivity index (χ1v) is 13.6. The molecule has 2 aromatic carbocycles. The molecule has 2 aliphatic rings. The average Bonchev–Trinajstić information content (AvgIpc) is 3.64. The molecule has 1 saturated heterocycles. The first kappa shape index (κ1) is 28.9. The smallest absolute Gasteiger partial charge is 0.323 e. The van der Waals surface area contributed by atoms with E-state index in [4.69, 9.17) is 4.74 Å². The lowest BCUT2D eigenvalue weighted by molar-refractivity contribution is -0.131. The highest BCUT2D eigenvalue weighted by Crippen LogP contribution is 2.47. The molecule has 1 saturated carbocycles. The van der Waals surface area contributed by atoms with Gasteiger partial charge < -0.3 is 25.2 Å². The van der Waals surface area contributed by atoms with Crippen molar-refractivity contribution in [2.75, 3.05) is 49.7 Å². The second kappa shape index (κ2) is 12.1. The molecule has 0 radical (unpaired) electrons. The van der Waals surface area contributed by atoms with Crippen LogP contribution in [0.3, 0.4) is 0 Å². The van der Waals surface area contributed by atoms with Gasteiger partial charge in [0.25, 0.3) is 0 Å². The summed E-state index contributed by atoms with van der Waals surface area (Å²) in [6.45, 7) is 2.25. The molecule has 1 aliphatic heterocycles. The number of ether oxygens (including phenoxy) is 1. The van der Waals surface area contributed by atoms with Crippen molar-refractivity contribution in [1.29, 1.82) is 0 Å². The highest BCUT2D eigenvalue weighted by atomic mass is 19.1. The molecular formula is C30H32F2N6O4. The average molecular weight is 579 g/mol. The minimum atomic E-state index is -1.32. The Morgan fingerprint density at radius 3 is 2.38 bits per heavy atom. The van der Waals surface area contributed by atoms with Crippen molar-refractivity contribution in [3.63, 3.8) is 0 Å². The minimum Gasteiger partial charge on any atom is -0.457 e. The maximum absolute atomic E-state index is 14.9. The number of benzene rings is 2. The molecule has 2 heterocycles. The Bertz CT molecular complexity index is 1480. The van der Waals surface area contributed by atoms with E-state index in [1.807, 2.05) is 14.1 Å². The van der Waals surface area contributed by atoms with E-state index in [1.165, 1.54) is 48.7 Å². The van der Waals surface area contributed by atoms with Crippen LogP contribution >= 0.6 is 0 Å². The summed E-state index contributed by atoms with van der Waals surface area (Å²) in [5.41, 5.74) is -1.07. The molecule has 1 unspecified atom stereocenters. The van der Waals surface area contributed by atoms with Crippen LogP contribution in [0, 0.1) is 23.0 Å². The number of anilines is 3. The summed E-state index contributed by atoms with van der Waals surface area (Å²) >= 11 is 0. The summed E-state index contributed by atoms with van der Waals surface area (Å²) < 4.78 is 33.8. The van der Waals surface area contributed by atoms with E-state index in [2.05, 4.69) is 25.8 Å². The predicted molar refractivity (Wildman–Crippen MR) is 153 cm³/mol. The van der Waals surface area contributed by atoms with Gasteiger partial charge in [0.2, 0.25) is 11.8 Å². The van der Waals surface area contributed by atoms with E-state index in [0.717, 1.165) is 19.0 Å². The van der Waals surface area contributed by atoms with Crippen molar-refractivity contribution in [1.82, 2.24) is 14.8 Å². The van der Waals surface area contributed by atoms with Crippen LogP contribution in [-0.2, 0) is 9.59 Å². The van der Waals surface area contributed by atoms with Crippen molar-refractivity contribution in [2.45, 2.75) is 19.3 Å². The molecule has 4 amide bonds. The zero-order chi connectivity index (χ0) is 29.9. The predicted octanol–water partition coefficient (Wildman–Crippen LogP) is 4.92. The van der Waals surface area contributed by atoms with Gasteiger partial charge in [-0.15, -0.1) is 0 Å². The van der Waals surface area contributed by atoms with Gasteiger partial charge in [-0.25, -0.2) is 18.6 Å². The molecule has 1 aromatic heterocycles. The largest absolute Gasteiger partial charge is 0.457 e. The van der Waals surface area contributed by atoms with E-state index in [-0.39, 0.29) is 17.5 Å². The molecule has 1 aliphatic carbocycles. The number of halogens is 2. The van der Waals surface area contributed by atoms with E-state index in [0.29, 0.717) is 49.1 Å². The lowest BCUT2D eigenvalue weighted by atomic mass is 10.0. The number of pyridine rings is 1. The SMILES string of the molecule is CN(C)CC1CCN(C(=O)Nc2cc(Oc3ccc(NC(=O)C4(C(=O)Nc5ccc(F)cc5)CC4)c(F)c3)ccn2)C1. The van der Waals surface area contributed by atoms with Gasteiger partial charge in [-0.2, -0.15) is 0 Å². The van der Waals surface area contributed by atoms with E-state index < -0.39 is 28.9 Å². The van der Waals surface area contributed by atoms with Crippen LogP contribution in [0.25, 0.3) is 0 Å². The zero-order valence-electron chi connectivity index (χ0n) is 23.3. The highest BCUT2D eigenvalue weighted by Gasteiger charge is 2.56. The molecule has 220 valence electrons. The number of nitrogens with zero attached hydrogens (tertiary/aromatic N) is 3. The number of hydrogen-bond donors (Lipinski definition) is 3. The molecule has 10 nitrogen and oxygen atoms in total. The molecule has 2 fully saturated rings. The van der Waals surface area contributed by atoms with Gasteiger partial charge in [-0.1, -0.05) is 0 Å². The van der Waals surface area contributed by atoms with E-state index >= 15 is 0 Å². The van der Waals surface area contributed by atoms with Gasteiger partial charge in [0.1, 0.15) is 34.4 Å². The Morgan fingerprint density at radius 2 is 1.69 bits per heavy atom. The number of likely N-dealkylation sites (tertiary alicyclic amines) is 1. The maximum Gasteiger partial charge on any atom is 0.323 e. The summed E-state index contributed by atoms with van der Waals surface area (Å²) in [5, 5.41) is 7.89. The topological polar surface area (TPSA) is 116 Å². The van der Waals surface area contributed by atoms with Crippen molar-refractivity contribution < 1.29 is 27.9 Å².